The van der Waals surface area contributed by atoms with E-state index >= 15 is 0 Å². The molecule has 1 atom stereocenters. The summed E-state index contributed by atoms with van der Waals surface area (Å²) in [6, 6.07) is 3.12. The molecule has 1 aliphatic heterocycles. The number of piperidine rings is 1. The molecule has 0 spiro atoms. The topological polar surface area (TPSA) is 122 Å². The van der Waals surface area contributed by atoms with Crippen LogP contribution in [-0.2, 0) is 19.6 Å². The number of amides is 2. The van der Waals surface area contributed by atoms with Gasteiger partial charge in [0.2, 0.25) is 11.8 Å². The van der Waals surface area contributed by atoms with E-state index in [4.69, 9.17) is 5.73 Å². The van der Waals surface area contributed by atoms with E-state index in [2.05, 4.69) is 10.0 Å². The molecule has 24 heavy (non-hydrogen) atoms. The molecule has 1 unspecified atom stereocenters. The zero-order chi connectivity index (χ0) is 17.6. The molecular weight excluding hydrogens is 352 g/mol. The van der Waals surface area contributed by atoms with E-state index in [0.717, 1.165) is 11.3 Å². The molecule has 2 rings (SSSR count). The number of likely N-dealkylation sites (tertiary alicyclic amines) is 1. The van der Waals surface area contributed by atoms with Crippen molar-refractivity contribution in [1.29, 1.82) is 0 Å². The third-order valence-corrected chi connectivity index (χ3v) is 6.56. The summed E-state index contributed by atoms with van der Waals surface area (Å²) < 4.78 is 26.5. The van der Waals surface area contributed by atoms with Gasteiger partial charge in [-0.25, -0.2) is 13.1 Å². The van der Waals surface area contributed by atoms with Crippen LogP contribution in [0.15, 0.2) is 21.7 Å². The Kier molecular flexibility index (Phi) is 6.72. The number of sulfonamides is 1. The Labute approximate surface area is 145 Å². The van der Waals surface area contributed by atoms with Crippen molar-refractivity contribution in [3.63, 3.8) is 0 Å². The Hall–Kier alpha value is -1.49. The van der Waals surface area contributed by atoms with Crippen LogP contribution >= 0.6 is 11.3 Å². The van der Waals surface area contributed by atoms with Crippen LogP contribution < -0.4 is 15.8 Å². The van der Waals surface area contributed by atoms with Gasteiger partial charge in [-0.2, -0.15) is 0 Å². The number of thiophene rings is 1. The molecule has 0 bridgehead atoms. The molecule has 0 saturated carbocycles. The van der Waals surface area contributed by atoms with Crippen LogP contribution in [-0.4, -0.2) is 57.9 Å². The highest BCUT2D eigenvalue weighted by Gasteiger charge is 2.28. The summed E-state index contributed by atoms with van der Waals surface area (Å²) in [5, 5.41) is 4.38. The number of hydrogen-bond acceptors (Lipinski definition) is 6. The minimum Gasteiger partial charge on any atom is -0.355 e. The monoisotopic (exact) mass is 374 g/mol. The summed E-state index contributed by atoms with van der Waals surface area (Å²) >= 11 is 1.09. The van der Waals surface area contributed by atoms with E-state index in [1.807, 2.05) is 0 Å². The third-order valence-electron chi connectivity index (χ3n) is 3.76. The first-order chi connectivity index (χ1) is 11.4. The first kappa shape index (κ1) is 18.8. The van der Waals surface area contributed by atoms with Crippen LogP contribution in [0.5, 0.6) is 0 Å². The van der Waals surface area contributed by atoms with Gasteiger partial charge in [0.05, 0.1) is 12.5 Å². The Morgan fingerprint density at radius 2 is 2.21 bits per heavy atom. The molecule has 1 saturated heterocycles. The zero-order valence-electron chi connectivity index (χ0n) is 13.2. The highest BCUT2D eigenvalue weighted by atomic mass is 32.2. The molecular formula is C14H22N4O4S2. The second-order valence-electron chi connectivity index (χ2n) is 5.52. The highest BCUT2D eigenvalue weighted by Crippen LogP contribution is 2.17. The zero-order valence-corrected chi connectivity index (χ0v) is 14.9. The SMILES string of the molecule is NCCNC(=O)C1CCCN(C(=O)CNS(=O)(=O)c2cccs2)C1. The number of hydrogen-bond donors (Lipinski definition) is 3. The lowest BCUT2D eigenvalue weighted by Gasteiger charge is -2.32. The van der Waals surface area contributed by atoms with Gasteiger partial charge in [0, 0.05) is 26.2 Å². The molecule has 0 aromatic carbocycles. The maximum Gasteiger partial charge on any atom is 0.250 e. The van der Waals surface area contributed by atoms with Crippen LogP contribution in [0.25, 0.3) is 0 Å². The van der Waals surface area contributed by atoms with Crippen LogP contribution in [0.1, 0.15) is 12.8 Å². The van der Waals surface area contributed by atoms with Gasteiger partial charge in [-0.1, -0.05) is 6.07 Å². The van der Waals surface area contributed by atoms with Crippen molar-refractivity contribution in [2.45, 2.75) is 17.1 Å². The standard InChI is InChI=1S/C14H22N4O4S2/c15-5-6-16-14(20)11-3-1-7-18(10-11)12(19)9-17-24(21,22)13-4-2-8-23-13/h2,4,8,11,17H,1,3,5-7,9-10,15H2,(H,16,20). The van der Waals surface area contributed by atoms with Crippen molar-refractivity contribution in [2.75, 3.05) is 32.7 Å². The van der Waals surface area contributed by atoms with Gasteiger partial charge in [-0.05, 0) is 24.3 Å². The van der Waals surface area contributed by atoms with Gasteiger partial charge in [-0.15, -0.1) is 11.3 Å². The molecule has 0 radical (unpaired) electrons. The number of nitrogens with zero attached hydrogens (tertiary/aromatic N) is 1. The fourth-order valence-electron chi connectivity index (χ4n) is 2.51. The second-order valence-corrected chi connectivity index (χ2v) is 8.46. The van der Waals surface area contributed by atoms with E-state index in [1.54, 1.807) is 11.4 Å². The Balaban J connectivity index is 1.87. The summed E-state index contributed by atoms with van der Waals surface area (Å²) in [5.74, 6) is -0.716. The Bertz CT molecular complexity index is 660. The van der Waals surface area contributed by atoms with Gasteiger partial charge in [-0.3, -0.25) is 9.59 Å². The molecule has 2 amide bonds. The average molecular weight is 374 g/mol. The molecule has 1 aliphatic rings. The smallest absolute Gasteiger partial charge is 0.250 e. The van der Waals surface area contributed by atoms with E-state index in [0.29, 0.717) is 39.0 Å². The maximum absolute atomic E-state index is 12.2. The highest BCUT2D eigenvalue weighted by molar-refractivity contribution is 7.91. The molecule has 1 aromatic rings. The number of nitrogens with two attached hydrogens (primary N) is 1. The Morgan fingerprint density at radius 1 is 1.42 bits per heavy atom. The first-order valence-corrected chi connectivity index (χ1v) is 10.1. The molecule has 1 aromatic heterocycles. The van der Waals surface area contributed by atoms with Crippen molar-refractivity contribution in [3.8, 4) is 0 Å². The normalized spacial score (nSPS) is 18.4. The molecule has 2 heterocycles. The van der Waals surface area contributed by atoms with E-state index in [-0.39, 0.29) is 28.5 Å². The van der Waals surface area contributed by atoms with Crippen molar-refractivity contribution in [3.05, 3.63) is 17.5 Å². The number of nitrogens with one attached hydrogen (secondary N) is 2. The second kappa shape index (κ2) is 8.56. The minimum absolute atomic E-state index is 0.114. The third kappa shape index (κ3) is 5.00. The largest absolute Gasteiger partial charge is 0.355 e. The maximum atomic E-state index is 12.2. The fraction of sp³-hybridized carbons (Fsp3) is 0.571. The van der Waals surface area contributed by atoms with Crippen molar-refractivity contribution in [1.82, 2.24) is 14.9 Å². The minimum atomic E-state index is -3.66. The summed E-state index contributed by atoms with van der Waals surface area (Å²) in [4.78, 5) is 25.8. The lowest BCUT2D eigenvalue weighted by atomic mass is 9.97. The van der Waals surface area contributed by atoms with Crippen molar-refractivity contribution >= 4 is 33.2 Å². The fourth-order valence-corrected chi connectivity index (χ4v) is 4.53. The number of carbonyl (C=O) groups is 2. The van der Waals surface area contributed by atoms with Gasteiger partial charge in [0.25, 0.3) is 10.0 Å². The quantitative estimate of drug-likeness (QED) is 0.585. The van der Waals surface area contributed by atoms with Crippen LogP contribution in [0.3, 0.4) is 0 Å². The van der Waals surface area contributed by atoms with Gasteiger partial charge in [0.1, 0.15) is 4.21 Å². The first-order valence-electron chi connectivity index (χ1n) is 7.73. The summed E-state index contributed by atoms with van der Waals surface area (Å²) in [5.41, 5.74) is 5.36. The lowest BCUT2D eigenvalue weighted by Crippen LogP contribution is -2.48. The van der Waals surface area contributed by atoms with Crippen molar-refractivity contribution in [2.24, 2.45) is 11.7 Å². The summed E-state index contributed by atoms with van der Waals surface area (Å²) in [7, 11) is -3.66. The Morgan fingerprint density at radius 3 is 2.88 bits per heavy atom. The predicted octanol–water partition coefficient (Wildman–Crippen LogP) is -0.660. The number of rotatable bonds is 7. The average Bonchev–Trinajstić information content (AvgIpc) is 3.13. The summed E-state index contributed by atoms with van der Waals surface area (Å²) in [6.45, 7) is 1.29. The lowest BCUT2D eigenvalue weighted by molar-refractivity contribution is -0.134. The van der Waals surface area contributed by atoms with Crippen LogP contribution in [0.4, 0.5) is 0 Å². The molecule has 10 heteroatoms. The van der Waals surface area contributed by atoms with Crippen LogP contribution in [0, 0.1) is 5.92 Å². The molecule has 4 N–H and O–H groups in total. The van der Waals surface area contributed by atoms with Gasteiger partial charge >= 0.3 is 0 Å². The predicted molar refractivity (Wildman–Crippen MR) is 90.9 cm³/mol. The van der Waals surface area contributed by atoms with Gasteiger partial charge in [0.15, 0.2) is 0 Å². The summed E-state index contributed by atoms with van der Waals surface area (Å²) in [6.07, 6.45) is 1.42. The van der Waals surface area contributed by atoms with Gasteiger partial charge < -0.3 is 16.0 Å². The van der Waals surface area contributed by atoms with E-state index in [9.17, 15) is 18.0 Å². The molecule has 8 nitrogen and oxygen atoms in total. The number of carbonyl (C=O) groups excluding carboxylic acids is 2. The molecule has 0 aliphatic carbocycles. The van der Waals surface area contributed by atoms with E-state index in [1.165, 1.54) is 11.0 Å². The van der Waals surface area contributed by atoms with E-state index < -0.39 is 10.0 Å². The van der Waals surface area contributed by atoms with Crippen molar-refractivity contribution < 1.29 is 18.0 Å². The molecule has 1 fully saturated rings. The van der Waals surface area contributed by atoms with Crippen LogP contribution in [0.2, 0.25) is 0 Å². The molecule has 134 valence electrons.